The van der Waals surface area contributed by atoms with Crippen molar-refractivity contribution in [2.24, 2.45) is 11.1 Å². The van der Waals surface area contributed by atoms with Crippen LogP contribution in [0.1, 0.15) is 39.2 Å². The van der Waals surface area contributed by atoms with Crippen LogP contribution >= 0.6 is 11.3 Å². The number of nitrogens with two attached hydrogens (primary N) is 1. The van der Waals surface area contributed by atoms with Gasteiger partial charge in [0.15, 0.2) is 5.13 Å². The van der Waals surface area contributed by atoms with E-state index in [9.17, 15) is 14.4 Å². The van der Waals surface area contributed by atoms with Crippen molar-refractivity contribution in [1.29, 1.82) is 0 Å². The second-order valence-corrected chi connectivity index (χ2v) is 8.55. The number of anilines is 2. The summed E-state index contributed by atoms with van der Waals surface area (Å²) in [5.41, 5.74) is 6.69. The van der Waals surface area contributed by atoms with E-state index >= 15 is 0 Å². The molecule has 0 saturated heterocycles. The minimum atomic E-state index is -0.843. The lowest BCUT2D eigenvalue weighted by Crippen LogP contribution is -2.55. The molecule has 8 heteroatoms. The highest BCUT2D eigenvalue weighted by atomic mass is 32.1. The first-order valence-electron chi connectivity index (χ1n) is 8.97. The Morgan fingerprint density at radius 2 is 1.82 bits per heavy atom. The van der Waals surface area contributed by atoms with Gasteiger partial charge in [0, 0.05) is 30.1 Å². The molecule has 0 aliphatic heterocycles. The van der Waals surface area contributed by atoms with E-state index in [0.717, 1.165) is 5.56 Å². The van der Waals surface area contributed by atoms with E-state index in [-0.39, 0.29) is 24.7 Å². The third kappa shape index (κ3) is 5.63. The summed E-state index contributed by atoms with van der Waals surface area (Å²) in [4.78, 5) is 42.8. The monoisotopic (exact) mass is 402 g/mol. The van der Waals surface area contributed by atoms with Crippen LogP contribution in [0.5, 0.6) is 0 Å². The molecule has 0 saturated carbocycles. The van der Waals surface area contributed by atoms with Crippen LogP contribution in [0.4, 0.5) is 10.8 Å². The molecular weight excluding hydrogens is 376 g/mol. The Hall–Kier alpha value is -2.74. The third-order valence-corrected chi connectivity index (χ3v) is 4.86. The number of aryl methyl sites for hydroxylation is 1. The fourth-order valence-corrected chi connectivity index (χ4v) is 3.44. The van der Waals surface area contributed by atoms with Gasteiger partial charge >= 0.3 is 0 Å². The highest BCUT2D eigenvalue weighted by molar-refractivity contribution is 7.13. The van der Waals surface area contributed by atoms with Crippen LogP contribution in [0, 0.1) is 12.3 Å². The summed E-state index contributed by atoms with van der Waals surface area (Å²) in [6, 6.07) is 6.45. The molecule has 1 aromatic heterocycles. The number of nitrogens with one attached hydrogen (secondary N) is 1. The third-order valence-electron chi connectivity index (χ3n) is 4.17. The molecule has 0 bridgehead atoms. The average molecular weight is 403 g/mol. The van der Waals surface area contributed by atoms with E-state index in [0.29, 0.717) is 10.8 Å². The molecular formula is C20H26N4O3S. The van der Waals surface area contributed by atoms with Crippen molar-refractivity contribution >= 4 is 39.9 Å². The summed E-state index contributed by atoms with van der Waals surface area (Å²) in [6.45, 7) is 7.50. The Bertz CT molecular complexity index is 826. The molecule has 1 heterocycles. The number of aromatic nitrogens is 1. The van der Waals surface area contributed by atoms with E-state index in [1.807, 2.05) is 39.8 Å². The number of thiazole rings is 1. The van der Waals surface area contributed by atoms with E-state index < -0.39 is 17.4 Å². The van der Waals surface area contributed by atoms with Gasteiger partial charge in [-0.3, -0.25) is 19.3 Å². The number of benzene rings is 1. The van der Waals surface area contributed by atoms with Gasteiger partial charge in [0.05, 0.1) is 0 Å². The smallest absolute Gasteiger partial charge is 0.241 e. The molecule has 28 heavy (non-hydrogen) atoms. The van der Waals surface area contributed by atoms with Gasteiger partial charge < -0.3 is 11.1 Å². The fourth-order valence-electron chi connectivity index (χ4n) is 2.89. The van der Waals surface area contributed by atoms with Crippen molar-refractivity contribution in [3.63, 3.8) is 0 Å². The first kappa shape index (κ1) is 21.6. The minimum Gasteiger partial charge on any atom is -0.368 e. The van der Waals surface area contributed by atoms with Crippen molar-refractivity contribution in [1.82, 2.24) is 4.98 Å². The van der Waals surface area contributed by atoms with E-state index in [1.165, 1.54) is 16.2 Å². The lowest BCUT2D eigenvalue weighted by molar-refractivity contribution is -0.127. The first-order chi connectivity index (χ1) is 13.1. The number of hydrogen-bond acceptors (Lipinski definition) is 5. The van der Waals surface area contributed by atoms with Gasteiger partial charge in [-0.2, -0.15) is 0 Å². The molecule has 3 N–H and O–H groups in total. The predicted octanol–water partition coefficient (Wildman–Crippen LogP) is 3.10. The Labute approximate surface area is 168 Å². The Morgan fingerprint density at radius 1 is 1.18 bits per heavy atom. The average Bonchev–Trinajstić information content (AvgIpc) is 3.10. The maximum atomic E-state index is 13.1. The SMILES string of the molecule is Cc1ccc(N(C(=O)CCC(=O)Nc2nccs2)C(C(N)=O)C(C)(C)C)cc1. The summed E-state index contributed by atoms with van der Waals surface area (Å²) in [5.74, 6) is -1.23. The van der Waals surface area contributed by atoms with Gasteiger partial charge in [-0.25, -0.2) is 4.98 Å². The quantitative estimate of drug-likeness (QED) is 0.742. The van der Waals surface area contributed by atoms with Crippen molar-refractivity contribution in [3.8, 4) is 0 Å². The summed E-state index contributed by atoms with van der Waals surface area (Å²) in [5, 5.41) is 4.89. The summed E-state index contributed by atoms with van der Waals surface area (Å²) in [6.07, 6.45) is 1.52. The van der Waals surface area contributed by atoms with Crippen LogP contribution in [0.2, 0.25) is 0 Å². The molecule has 3 amide bonds. The molecule has 1 aromatic carbocycles. The summed E-state index contributed by atoms with van der Waals surface area (Å²) < 4.78 is 0. The van der Waals surface area contributed by atoms with Crippen molar-refractivity contribution in [2.75, 3.05) is 10.2 Å². The second kappa shape index (κ2) is 8.97. The van der Waals surface area contributed by atoms with Crippen molar-refractivity contribution in [3.05, 3.63) is 41.4 Å². The minimum absolute atomic E-state index is 0.0175. The summed E-state index contributed by atoms with van der Waals surface area (Å²) >= 11 is 1.30. The largest absolute Gasteiger partial charge is 0.368 e. The Morgan fingerprint density at radius 3 is 2.32 bits per heavy atom. The van der Waals surface area contributed by atoms with Crippen molar-refractivity contribution < 1.29 is 14.4 Å². The second-order valence-electron chi connectivity index (χ2n) is 7.66. The van der Waals surface area contributed by atoms with Crippen LogP contribution in [0.15, 0.2) is 35.8 Å². The topological polar surface area (TPSA) is 105 Å². The molecule has 1 unspecified atom stereocenters. The van der Waals surface area contributed by atoms with Gasteiger partial charge in [0.2, 0.25) is 17.7 Å². The number of nitrogens with zero attached hydrogens (tertiary/aromatic N) is 2. The van der Waals surface area contributed by atoms with Crippen LogP contribution < -0.4 is 16.0 Å². The van der Waals surface area contributed by atoms with Crippen LogP contribution in [0.25, 0.3) is 0 Å². The van der Waals surface area contributed by atoms with Crippen LogP contribution in [0.3, 0.4) is 0 Å². The number of primary amides is 1. The number of hydrogen-bond donors (Lipinski definition) is 2. The van der Waals surface area contributed by atoms with Crippen LogP contribution in [-0.4, -0.2) is 28.7 Å². The standard InChI is InChI=1S/C20H26N4O3S/c1-13-5-7-14(8-6-13)24(17(18(21)27)20(2,3)4)16(26)10-9-15(25)23-19-22-11-12-28-19/h5-8,11-12,17H,9-10H2,1-4H3,(H2,21,27)(H,22,23,25). The van der Waals surface area contributed by atoms with E-state index in [4.69, 9.17) is 5.73 Å². The first-order valence-corrected chi connectivity index (χ1v) is 9.85. The van der Waals surface area contributed by atoms with Gasteiger partial charge in [0.25, 0.3) is 0 Å². The number of carbonyl (C=O) groups is 3. The van der Waals surface area contributed by atoms with Crippen molar-refractivity contribution in [2.45, 2.75) is 46.6 Å². The number of rotatable bonds is 7. The lowest BCUT2D eigenvalue weighted by Gasteiger charge is -2.38. The van der Waals surface area contributed by atoms with E-state index in [1.54, 1.807) is 23.7 Å². The molecule has 2 rings (SSSR count). The molecule has 1 atom stereocenters. The maximum Gasteiger partial charge on any atom is 0.241 e. The molecule has 0 fully saturated rings. The Kier molecular flexibility index (Phi) is 6.90. The molecule has 0 radical (unpaired) electrons. The highest BCUT2D eigenvalue weighted by Gasteiger charge is 2.38. The molecule has 2 aromatic rings. The highest BCUT2D eigenvalue weighted by Crippen LogP contribution is 2.30. The fraction of sp³-hybridized carbons (Fsp3) is 0.400. The summed E-state index contributed by atoms with van der Waals surface area (Å²) in [7, 11) is 0. The van der Waals surface area contributed by atoms with Gasteiger partial charge in [-0.05, 0) is 24.5 Å². The van der Waals surface area contributed by atoms with Gasteiger partial charge in [0.1, 0.15) is 6.04 Å². The van der Waals surface area contributed by atoms with E-state index in [2.05, 4.69) is 10.3 Å². The van der Waals surface area contributed by atoms with Gasteiger partial charge in [-0.15, -0.1) is 11.3 Å². The zero-order valence-corrected chi connectivity index (χ0v) is 17.4. The number of amides is 3. The lowest BCUT2D eigenvalue weighted by atomic mass is 9.84. The molecule has 0 aliphatic rings. The zero-order chi connectivity index (χ0) is 20.9. The molecule has 150 valence electrons. The van der Waals surface area contributed by atoms with Gasteiger partial charge in [-0.1, -0.05) is 38.5 Å². The Balaban J connectivity index is 2.22. The molecule has 0 spiro atoms. The normalized spacial score (nSPS) is 12.3. The maximum absolute atomic E-state index is 13.1. The zero-order valence-electron chi connectivity index (χ0n) is 16.6. The molecule has 7 nitrogen and oxygen atoms in total. The predicted molar refractivity (Wildman–Crippen MR) is 111 cm³/mol. The van der Waals surface area contributed by atoms with Crippen LogP contribution in [-0.2, 0) is 14.4 Å². The number of carbonyl (C=O) groups excluding carboxylic acids is 3. The molecule has 0 aliphatic carbocycles.